The standard InChI is InChI=1S/C27H29ClN4O3/c1-27(2,3)19-8-6-18(7-9-19)15-30-17-29-24-23(30)25(33)31(16-22-5-4-14-35-22)26(34)32(24)21-12-10-20(28)11-13-21/h6-13,17,22H,4-5,14-16H2,1-3H3/t22-/m1/s1. The molecule has 182 valence electrons. The molecular weight excluding hydrogens is 464 g/mol. The maximum atomic E-state index is 13.6. The number of rotatable bonds is 5. The zero-order chi connectivity index (χ0) is 24.7. The van der Waals surface area contributed by atoms with E-state index in [-0.39, 0.29) is 23.6 Å². The summed E-state index contributed by atoms with van der Waals surface area (Å²) < 4.78 is 10.3. The lowest BCUT2D eigenvalue weighted by Gasteiger charge is -2.19. The highest BCUT2D eigenvalue weighted by Gasteiger charge is 2.23. The summed E-state index contributed by atoms with van der Waals surface area (Å²) in [6.07, 6.45) is 3.23. The molecule has 8 heteroatoms. The van der Waals surface area contributed by atoms with Gasteiger partial charge in [0.2, 0.25) is 0 Å². The third-order valence-corrected chi connectivity index (χ3v) is 6.82. The summed E-state index contributed by atoms with van der Waals surface area (Å²) in [4.78, 5) is 31.7. The lowest BCUT2D eigenvalue weighted by atomic mass is 9.87. The monoisotopic (exact) mass is 492 g/mol. The molecule has 0 spiro atoms. The molecule has 0 N–H and O–H groups in total. The first kappa shape index (κ1) is 23.6. The molecule has 1 saturated heterocycles. The molecule has 0 amide bonds. The SMILES string of the molecule is CC(C)(C)c1ccc(Cn2cnc3c2c(=O)n(C[C@H]2CCCO2)c(=O)n3-c2ccc(Cl)cc2)cc1. The fourth-order valence-corrected chi connectivity index (χ4v) is 4.71. The zero-order valence-electron chi connectivity index (χ0n) is 20.2. The number of aromatic nitrogens is 4. The van der Waals surface area contributed by atoms with E-state index in [1.807, 2.05) is 4.57 Å². The molecule has 1 atom stereocenters. The second kappa shape index (κ2) is 9.13. The Labute approximate surface area is 208 Å². The molecule has 1 fully saturated rings. The molecular formula is C27H29ClN4O3. The molecule has 0 aliphatic carbocycles. The Hall–Kier alpha value is -3.16. The first-order valence-corrected chi connectivity index (χ1v) is 12.3. The van der Waals surface area contributed by atoms with Crippen LogP contribution in [0, 0.1) is 0 Å². The predicted molar refractivity (Wildman–Crippen MR) is 138 cm³/mol. The van der Waals surface area contributed by atoms with E-state index in [2.05, 4.69) is 50.0 Å². The van der Waals surface area contributed by atoms with Gasteiger partial charge < -0.3 is 9.30 Å². The van der Waals surface area contributed by atoms with Crippen molar-refractivity contribution in [1.29, 1.82) is 0 Å². The van der Waals surface area contributed by atoms with Crippen molar-refractivity contribution in [2.45, 2.75) is 58.2 Å². The summed E-state index contributed by atoms with van der Waals surface area (Å²) in [5.41, 5.74) is 2.89. The first-order chi connectivity index (χ1) is 16.7. The van der Waals surface area contributed by atoms with Crippen molar-refractivity contribution >= 4 is 22.8 Å². The fourth-order valence-electron chi connectivity index (χ4n) is 4.58. The predicted octanol–water partition coefficient (Wildman–Crippen LogP) is 4.53. The van der Waals surface area contributed by atoms with E-state index in [0.717, 1.165) is 18.4 Å². The van der Waals surface area contributed by atoms with Crippen molar-refractivity contribution in [1.82, 2.24) is 18.7 Å². The minimum Gasteiger partial charge on any atom is -0.376 e. The lowest BCUT2D eigenvalue weighted by molar-refractivity contribution is 0.0950. The molecule has 0 bridgehead atoms. The van der Waals surface area contributed by atoms with E-state index < -0.39 is 5.69 Å². The van der Waals surface area contributed by atoms with Crippen LogP contribution in [0.5, 0.6) is 0 Å². The van der Waals surface area contributed by atoms with E-state index in [4.69, 9.17) is 16.3 Å². The Morgan fingerprint density at radius 2 is 1.77 bits per heavy atom. The summed E-state index contributed by atoms with van der Waals surface area (Å²) >= 11 is 6.08. The smallest absolute Gasteiger partial charge is 0.337 e. The van der Waals surface area contributed by atoms with E-state index >= 15 is 0 Å². The van der Waals surface area contributed by atoms with Crippen molar-refractivity contribution in [3.8, 4) is 5.69 Å². The van der Waals surface area contributed by atoms with Gasteiger partial charge in [-0.1, -0.05) is 56.6 Å². The second-order valence-corrected chi connectivity index (χ2v) is 10.6. The van der Waals surface area contributed by atoms with Gasteiger partial charge in [-0.2, -0.15) is 0 Å². The average molecular weight is 493 g/mol. The molecule has 2 aromatic heterocycles. The average Bonchev–Trinajstić information content (AvgIpc) is 3.48. The van der Waals surface area contributed by atoms with Gasteiger partial charge in [0.1, 0.15) is 0 Å². The maximum Gasteiger partial charge on any atom is 0.337 e. The van der Waals surface area contributed by atoms with Gasteiger partial charge in [-0.3, -0.25) is 9.36 Å². The fraction of sp³-hybridized carbons (Fsp3) is 0.370. The molecule has 0 unspecified atom stereocenters. The Morgan fingerprint density at radius 3 is 2.40 bits per heavy atom. The summed E-state index contributed by atoms with van der Waals surface area (Å²) in [7, 11) is 0. The lowest BCUT2D eigenvalue weighted by Crippen LogP contribution is -2.42. The van der Waals surface area contributed by atoms with Crippen molar-refractivity contribution in [3.05, 3.63) is 91.8 Å². The van der Waals surface area contributed by atoms with Crippen LogP contribution in [0.25, 0.3) is 16.9 Å². The molecule has 4 aromatic rings. The van der Waals surface area contributed by atoms with Crippen LogP contribution >= 0.6 is 11.6 Å². The van der Waals surface area contributed by atoms with Gasteiger partial charge in [0.15, 0.2) is 11.2 Å². The quantitative estimate of drug-likeness (QED) is 0.410. The third-order valence-electron chi connectivity index (χ3n) is 6.57. The zero-order valence-corrected chi connectivity index (χ0v) is 21.0. The molecule has 1 aliphatic heterocycles. The number of imidazole rings is 1. The highest BCUT2D eigenvalue weighted by atomic mass is 35.5. The minimum atomic E-state index is -0.430. The molecule has 2 aromatic carbocycles. The van der Waals surface area contributed by atoms with E-state index in [9.17, 15) is 9.59 Å². The van der Waals surface area contributed by atoms with Crippen molar-refractivity contribution in [2.24, 2.45) is 0 Å². The molecule has 3 heterocycles. The van der Waals surface area contributed by atoms with Crippen LogP contribution in [0.2, 0.25) is 5.02 Å². The Morgan fingerprint density at radius 1 is 1.06 bits per heavy atom. The van der Waals surface area contributed by atoms with E-state index in [0.29, 0.717) is 35.0 Å². The van der Waals surface area contributed by atoms with Crippen LogP contribution in [0.4, 0.5) is 0 Å². The van der Waals surface area contributed by atoms with Gasteiger partial charge in [-0.05, 0) is 53.6 Å². The summed E-state index contributed by atoms with van der Waals surface area (Å²) in [6.45, 7) is 7.87. The number of ether oxygens (including phenoxy) is 1. The number of fused-ring (bicyclic) bond motifs is 1. The van der Waals surface area contributed by atoms with Gasteiger partial charge in [0.05, 0.1) is 24.7 Å². The summed E-state index contributed by atoms with van der Waals surface area (Å²) in [6, 6.07) is 15.3. The van der Waals surface area contributed by atoms with Crippen LogP contribution in [0.1, 0.15) is 44.7 Å². The van der Waals surface area contributed by atoms with Crippen LogP contribution in [-0.4, -0.2) is 31.4 Å². The molecule has 5 rings (SSSR count). The molecule has 1 aliphatic rings. The largest absolute Gasteiger partial charge is 0.376 e. The topological polar surface area (TPSA) is 71.1 Å². The van der Waals surface area contributed by atoms with Gasteiger partial charge in [-0.25, -0.2) is 14.3 Å². The van der Waals surface area contributed by atoms with Gasteiger partial charge in [-0.15, -0.1) is 0 Å². The maximum absolute atomic E-state index is 13.6. The highest BCUT2D eigenvalue weighted by molar-refractivity contribution is 6.30. The van der Waals surface area contributed by atoms with Gasteiger partial charge in [0.25, 0.3) is 5.56 Å². The van der Waals surface area contributed by atoms with Crippen molar-refractivity contribution < 1.29 is 4.74 Å². The Balaban J connectivity index is 1.65. The highest BCUT2D eigenvalue weighted by Crippen LogP contribution is 2.23. The van der Waals surface area contributed by atoms with Crippen LogP contribution in [0.15, 0.2) is 64.4 Å². The van der Waals surface area contributed by atoms with Gasteiger partial charge >= 0.3 is 5.69 Å². The normalized spacial score (nSPS) is 16.3. The molecule has 0 saturated carbocycles. The van der Waals surface area contributed by atoms with Crippen LogP contribution in [0.3, 0.4) is 0 Å². The number of hydrogen-bond acceptors (Lipinski definition) is 4. The Kier molecular flexibility index (Phi) is 6.15. The van der Waals surface area contributed by atoms with Crippen LogP contribution < -0.4 is 11.2 Å². The first-order valence-electron chi connectivity index (χ1n) is 11.9. The van der Waals surface area contributed by atoms with E-state index in [1.165, 1.54) is 14.7 Å². The molecule has 35 heavy (non-hydrogen) atoms. The summed E-state index contributed by atoms with van der Waals surface area (Å²) in [5.74, 6) is 0. The third kappa shape index (κ3) is 4.58. The summed E-state index contributed by atoms with van der Waals surface area (Å²) in [5, 5.41) is 0.565. The van der Waals surface area contributed by atoms with Gasteiger partial charge in [0, 0.05) is 18.2 Å². The number of hydrogen-bond donors (Lipinski definition) is 0. The molecule has 7 nitrogen and oxygen atoms in total. The van der Waals surface area contributed by atoms with Crippen LogP contribution in [-0.2, 0) is 23.2 Å². The second-order valence-electron chi connectivity index (χ2n) is 10.1. The Bertz CT molecular complexity index is 1470. The molecule has 0 radical (unpaired) electrons. The van der Waals surface area contributed by atoms with Crippen molar-refractivity contribution in [3.63, 3.8) is 0 Å². The van der Waals surface area contributed by atoms with E-state index in [1.54, 1.807) is 30.6 Å². The number of halogens is 1. The van der Waals surface area contributed by atoms with Crippen molar-refractivity contribution in [2.75, 3.05) is 6.61 Å². The minimum absolute atomic E-state index is 0.0604. The number of nitrogens with zero attached hydrogens (tertiary/aromatic N) is 4. The number of benzene rings is 2.